The Morgan fingerprint density at radius 1 is 1.17 bits per heavy atom. The monoisotopic (exact) mass is 366 g/mol. The van der Waals surface area contributed by atoms with Gasteiger partial charge in [-0.3, -0.25) is 4.79 Å². The molecule has 0 fully saturated rings. The maximum Gasteiger partial charge on any atom is 0.204 e. The van der Waals surface area contributed by atoms with E-state index in [-0.39, 0.29) is 34.5 Å². The minimum Gasteiger partial charge on any atom is -0.507 e. The predicted octanol–water partition coefficient (Wildman–Crippen LogP) is 4.46. The lowest BCUT2D eigenvalue weighted by Crippen LogP contribution is -2.06. The van der Waals surface area contributed by atoms with Crippen molar-refractivity contribution in [3.63, 3.8) is 0 Å². The van der Waals surface area contributed by atoms with Gasteiger partial charge in [-0.25, -0.2) is 0 Å². The van der Waals surface area contributed by atoms with Gasteiger partial charge >= 0.3 is 0 Å². The van der Waals surface area contributed by atoms with E-state index in [0.717, 1.165) is 0 Å². The molecule has 0 aliphatic carbocycles. The number of phenols is 1. The molecule has 0 spiro atoms. The van der Waals surface area contributed by atoms with E-state index in [9.17, 15) is 9.90 Å². The first kappa shape index (κ1) is 16.6. The fraction of sp³-hybridized carbons (Fsp3) is 0.118. The van der Waals surface area contributed by atoms with E-state index in [1.165, 1.54) is 25.5 Å². The Morgan fingerprint density at radius 2 is 1.96 bits per heavy atom. The molecule has 0 amide bonds. The van der Waals surface area contributed by atoms with Gasteiger partial charge in [0.25, 0.3) is 0 Å². The van der Waals surface area contributed by atoms with Crippen LogP contribution in [0.1, 0.15) is 0 Å². The number of fused-ring (bicyclic) bond motifs is 1. The van der Waals surface area contributed by atoms with Crippen molar-refractivity contribution in [1.82, 2.24) is 0 Å². The number of halogens is 2. The maximum absolute atomic E-state index is 12.7. The lowest BCUT2D eigenvalue weighted by Gasteiger charge is -2.08. The van der Waals surface area contributed by atoms with Crippen molar-refractivity contribution in [2.24, 2.45) is 0 Å². The summed E-state index contributed by atoms with van der Waals surface area (Å²) in [6, 6.07) is 7.64. The molecule has 0 saturated carbocycles. The second-order valence-corrected chi connectivity index (χ2v) is 5.79. The number of phenolic OH excluding ortho intramolecular Hbond substituents is 1. The minimum atomic E-state index is -0.384. The summed E-state index contributed by atoms with van der Waals surface area (Å²) in [5, 5.41) is 10.9. The molecule has 1 aromatic heterocycles. The molecule has 0 bridgehead atoms. The van der Waals surface area contributed by atoms with Gasteiger partial charge in [-0.1, -0.05) is 29.3 Å². The highest BCUT2D eigenvalue weighted by molar-refractivity contribution is 6.42. The van der Waals surface area contributed by atoms with Crippen molar-refractivity contribution in [1.29, 1.82) is 0 Å². The Kier molecular flexibility index (Phi) is 4.66. The summed E-state index contributed by atoms with van der Waals surface area (Å²) in [5.74, 6) is 0.0848. The number of ether oxygens (including phenoxy) is 2. The predicted molar refractivity (Wildman–Crippen MR) is 92.1 cm³/mol. The Labute approximate surface area is 146 Å². The van der Waals surface area contributed by atoms with Crippen LogP contribution in [0.3, 0.4) is 0 Å². The minimum absolute atomic E-state index is 0.0105. The van der Waals surface area contributed by atoms with Crippen molar-refractivity contribution in [3.8, 4) is 22.6 Å². The van der Waals surface area contributed by atoms with Gasteiger partial charge in [-0.05, 0) is 17.7 Å². The van der Waals surface area contributed by atoms with Gasteiger partial charge in [0.15, 0.2) is 6.79 Å². The van der Waals surface area contributed by atoms with Crippen LogP contribution in [0.5, 0.6) is 11.5 Å². The van der Waals surface area contributed by atoms with E-state index in [2.05, 4.69) is 0 Å². The molecule has 24 heavy (non-hydrogen) atoms. The summed E-state index contributed by atoms with van der Waals surface area (Å²) >= 11 is 11.9. The molecule has 0 radical (unpaired) electrons. The quantitative estimate of drug-likeness (QED) is 0.690. The Balaban J connectivity index is 2.15. The van der Waals surface area contributed by atoms with Crippen LogP contribution in [0.25, 0.3) is 22.1 Å². The Bertz CT molecular complexity index is 965. The zero-order valence-electron chi connectivity index (χ0n) is 12.5. The van der Waals surface area contributed by atoms with Crippen molar-refractivity contribution in [2.75, 3.05) is 13.9 Å². The summed E-state index contributed by atoms with van der Waals surface area (Å²) in [7, 11) is 1.48. The Morgan fingerprint density at radius 3 is 2.67 bits per heavy atom. The zero-order chi connectivity index (χ0) is 17.3. The van der Waals surface area contributed by atoms with Crippen LogP contribution in [-0.2, 0) is 4.74 Å². The van der Waals surface area contributed by atoms with Crippen molar-refractivity contribution in [2.45, 2.75) is 0 Å². The van der Waals surface area contributed by atoms with Crippen LogP contribution in [0.15, 0.2) is 45.8 Å². The molecule has 0 aliphatic heterocycles. The number of hydrogen-bond acceptors (Lipinski definition) is 5. The first-order valence-electron chi connectivity index (χ1n) is 6.87. The first-order valence-corrected chi connectivity index (χ1v) is 7.62. The zero-order valence-corrected chi connectivity index (χ0v) is 14.0. The molecule has 0 unspecified atom stereocenters. The summed E-state index contributed by atoms with van der Waals surface area (Å²) in [4.78, 5) is 12.7. The fourth-order valence-electron chi connectivity index (χ4n) is 2.28. The van der Waals surface area contributed by atoms with Crippen LogP contribution < -0.4 is 10.2 Å². The van der Waals surface area contributed by atoms with Gasteiger partial charge in [0.1, 0.15) is 28.7 Å². The third-order valence-electron chi connectivity index (χ3n) is 3.40. The summed E-state index contributed by atoms with van der Waals surface area (Å²) < 4.78 is 15.5. The van der Waals surface area contributed by atoms with E-state index in [4.69, 9.17) is 37.1 Å². The third kappa shape index (κ3) is 3.06. The second-order valence-electron chi connectivity index (χ2n) is 4.97. The average Bonchev–Trinajstić information content (AvgIpc) is 2.55. The van der Waals surface area contributed by atoms with Crippen LogP contribution >= 0.6 is 23.2 Å². The van der Waals surface area contributed by atoms with E-state index >= 15 is 0 Å². The van der Waals surface area contributed by atoms with Crippen molar-refractivity contribution < 1.29 is 19.0 Å². The largest absolute Gasteiger partial charge is 0.507 e. The molecule has 1 heterocycles. The fourth-order valence-corrected chi connectivity index (χ4v) is 2.58. The Hall–Kier alpha value is -2.21. The lowest BCUT2D eigenvalue weighted by molar-refractivity contribution is 0.0510. The van der Waals surface area contributed by atoms with Crippen molar-refractivity contribution in [3.05, 3.63) is 56.9 Å². The SMILES string of the molecule is COCOc1cc(O)c2c(=O)c(-c3ccc(Cl)c(Cl)c3)coc2c1. The third-order valence-corrected chi connectivity index (χ3v) is 4.14. The molecule has 3 rings (SSSR count). The molecule has 0 aliphatic rings. The number of rotatable bonds is 4. The maximum atomic E-state index is 12.7. The molecule has 3 aromatic rings. The van der Waals surface area contributed by atoms with E-state index in [1.807, 2.05) is 0 Å². The highest BCUT2D eigenvalue weighted by Gasteiger charge is 2.15. The van der Waals surface area contributed by atoms with Crippen LogP contribution in [0, 0.1) is 0 Å². The smallest absolute Gasteiger partial charge is 0.204 e. The van der Waals surface area contributed by atoms with Crippen molar-refractivity contribution >= 4 is 34.2 Å². The van der Waals surface area contributed by atoms with Crippen LogP contribution in [-0.4, -0.2) is 19.0 Å². The summed E-state index contributed by atoms with van der Waals surface area (Å²) in [6.45, 7) is 0.0105. The van der Waals surface area contributed by atoms with Gasteiger partial charge in [-0.2, -0.15) is 0 Å². The van der Waals surface area contributed by atoms with E-state index in [1.54, 1.807) is 18.2 Å². The molecule has 2 aromatic carbocycles. The van der Waals surface area contributed by atoms with Crippen LogP contribution in [0.4, 0.5) is 0 Å². The molecular formula is C17H12Cl2O5. The topological polar surface area (TPSA) is 68.9 Å². The van der Waals surface area contributed by atoms with Crippen LogP contribution in [0.2, 0.25) is 10.0 Å². The van der Waals surface area contributed by atoms with Gasteiger partial charge in [0.05, 0.1) is 15.6 Å². The molecule has 1 N–H and O–H groups in total. The second kappa shape index (κ2) is 6.73. The summed E-state index contributed by atoms with van der Waals surface area (Å²) in [5.41, 5.74) is 0.626. The van der Waals surface area contributed by atoms with Gasteiger partial charge in [0.2, 0.25) is 5.43 Å². The molecular weight excluding hydrogens is 355 g/mol. The number of benzene rings is 2. The van der Waals surface area contributed by atoms with E-state index < -0.39 is 0 Å². The molecule has 5 nitrogen and oxygen atoms in total. The number of methoxy groups -OCH3 is 1. The van der Waals surface area contributed by atoms with Gasteiger partial charge in [-0.15, -0.1) is 0 Å². The lowest BCUT2D eigenvalue weighted by atomic mass is 10.1. The highest BCUT2D eigenvalue weighted by atomic mass is 35.5. The molecule has 0 saturated heterocycles. The summed E-state index contributed by atoms with van der Waals surface area (Å²) in [6.07, 6.45) is 1.31. The number of aromatic hydroxyl groups is 1. The first-order chi connectivity index (χ1) is 11.5. The van der Waals surface area contributed by atoms with Gasteiger partial charge < -0.3 is 19.0 Å². The number of hydrogen-bond donors (Lipinski definition) is 1. The molecule has 7 heteroatoms. The standard InChI is InChI=1S/C17H12Cl2O5/c1-22-8-24-10-5-14(20)16-15(6-10)23-7-11(17(16)21)9-2-3-12(18)13(19)4-9/h2-7,20H,8H2,1H3. The normalized spacial score (nSPS) is 11.0. The molecule has 124 valence electrons. The average molecular weight is 367 g/mol. The van der Waals surface area contributed by atoms with Gasteiger partial charge in [0, 0.05) is 19.2 Å². The highest BCUT2D eigenvalue weighted by Crippen LogP contribution is 2.32. The van der Waals surface area contributed by atoms with E-state index in [0.29, 0.717) is 21.4 Å². The molecule has 0 atom stereocenters.